The van der Waals surface area contributed by atoms with Crippen molar-refractivity contribution in [3.8, 4) is 0 Å². The summed E-state index contributed by atoms with van der Waals surface area (Å²) in [4.78, 5) is 5.34. The summed E-state index contributed by atoms with van der Waals surface area (Å²) in [6.07, 6.45) is 4.95. The second kappa shape index (κ2) is 4.41. The molecule has 0 aromatic carbocycles. The fourth-order valence-electron chi connectivity index (χ4n) is 2.09. The predicted molar refractivity (Wildman–Crippen MR) is 69.5 cm³/mol. The van der Waals surface area contributed by atoms with Crippen molar-refractivity contribution in [1.82, 2.24) is 4.98 Å². The van der Waals surface area contributed by atoms with Gasteiger partial charge in [0.05, 0.1) is 16.5 Å². The Hall–Kier alpha value is -0.900. The molecule has 1 aliphatic heterocycles. The van der Waals surface area contributed by atoms with Gasteiger partial charge in [0, 0.05) is 29.3 Å². The van der Waals surface area contributed by atoms with Crippen LogP contribution in [0.2, 0.25) is 4.34 Å². The van der Waals surface area contributed by atoms with Crippen LogP contribution in [0.15, 0.2) is 30.6 Å². The van der Waals surface area contributed by atoms with Crippen molar-refractivity contribution in [2.75, 3.05) is 0 Å². The molecule has 0 N–H and O–H groups in total. The first-order chi connectivity index (χ1) is 8.24. The fourth-order valence-corrected chi connectivity index (χ4v) is 3.41. The molecular formula is C13H12ClNOS. The summed E-state index contributed by atoms with van der Waals surface area (Å²) < 4.78 is 6.75. The third-order valence-corrected chi connectivity index (χ3v) is 4.30. The molecule has 3 rings (SSSR count). The number of aryl methyl sites for hydroxylation is 1. The zero-order valence-electron chi connectivity index (χ0n) is 9.39. The second-order valence-corrected chi connectivity index (χ2v) is 6.08. The topological polar surface area (TPSA) is 22.1 Å². The van der Waals surface area contributed by atoms with Gasteiger partial charge in [-0.2, -0.15) is 0 Å². The van der Waals surface area contributed by atoms with E-state index in [9.17, 15) is 0 Å². The van der Waals surface area contributed by atoms with E-state index in [0.29, 0.717) is 0 Å². The van der Waals surface area contributed by atoms with E-state index < -0.39 is 0 Å². The minimum absolute atomic E-state index is 0.151. The smallest absolute Gasteiger partial charge is 0.0989 e. The van der Waals surface area contributed by atoms with Crippen LogP contribution in [0.1, 0.15) is 34.6 Å². The summed E-state index contributed by atoms with van der Waals surface area (Å²) in [5, 5.41) is 0. The Bertz CT molecular complexity index is 519. The highest BCUT2D eigenvalue weighted by Crippen LogP contribution is 2.47. The van der Waals surface area contributed by atoms with E-state index in [4.69, 9.17) is 16.3 Å². The van der Waals surface area contributed by atoms with Crippen LogP contribution in [0.5, 0.6) is 0 Å². The summed E-state index contributed by atoms with van der Waals surface area (Å²) in [6, 6.07) is 6.11. The molecule has 1 aliphatic rings. The molecule has 1 saturated heterocycles. The first kappa shape index (κ1) is 11.2. The number of halogens is 1. The molecule has 17 heavy (non-hydrogen) atoms. The Morgan fingerprint density at radius 2 is 2.29 bits per heavy atom. The quantitative estimate of drug-likeness (QED) is 0.807. The molecule has 0 aliphatic carbocycles. The molecule has 1 fully saturated rings. The molecule has 0 spiro atoms. The maximum Gasteiger partial charge on any atom is 0.0989 e. The van der Waals surface area contributed by atoms with Gasteiger partial charge in [0.15, 0.2) is 0 Å². The van der Waals surface area contributed by atoms with Crippen LogP contribution < -0.4 is 0 Å². The third kappa shape index (κ3) is 2.10. The lowest BCUT2D eigenvalue weighted by Gasteiger charge is -2.36. The van der Waals surface area contributed by atoms with Gasteiger partial charge in [0.1, 0.15) is 0 Å². The molecule has 0 amide bonds. The maximum atomic E-state index is 6.17. The van der Waals surface area contributed by atoms with Crippen molar-refractivity contribution in [3.05, 3.63) is 50.9 Å². The first-order valence-corrected chi connectivity index (χ1v) is 6.74. The van der Waals surface area contributed by atoms with Gasteiger partial charge >= 0.3 is 0 Å². The SMILES string of the molecule is Cc1cc(C2CC(c3cccnc3)O2)c(Cl)s1. The summed E-state index contributed by atoms with van der Waals surface area (Å²) in [5.41, 5.74) is 2.28. The lowest BCUT2D eigenvalue weighted by Crippen LogP contribution is -2.23. The number of hydrogen-bond donors (Lipinski definition) is 0. The number of nitrogens with zero attached hydrogens (tertiary/aromatic N) is 1. The second-order valence-electron chi connectivity index (χ2n) is 4.22. The standard InChI is InChI=1S/C13H12ClNOS/c1-8-5-10(13(14)17-8)12-6-11(16-12)9-3-2-4-15-7-9/h2-5,7,11-12H,6H2,1H3. The van der Waals surface area contributed by atoms with Crippen LogP contribution >= 0.6 is 22.9 Å². The lowest BCUT2D eigenvalue weighted by atomic mass is 9.95. The van der Waals surface area contributed by atoms with Gasteiger partial charge in [0.25, 0.3) is 0 Å². The van der Waals surface area contributed by atoms with Crippen molar-refractivity contribution in [1.29, 1.82) is 0 Å². The number of aromatic nitrogens is 1. The van der Waals surface area contributed by atoms with Crippen molar-refractivity contribution < 1.29 is 4.74 Å². The van der Waals surface area contributed by atoms with Crippen molar-refractivity contribution >= 4 is 22.9 Å². The number of hydrogen-bond acceptors (Lipinski definition) is 3. The van der Waals surface area contributed by atoms with Crippen LogP contribution in [-0.4, -0.2) is 4.98 Å². The molecule has 2 aromatic heterocycles. The third-order valence-electron chi connectivity index (χ3n) is 3.00. The van der Waals surface area contributed by atoms with Crippen molar-refractivity contribution in [2.24, 2.45) is 0 Å². The Morgan fingerprint density at radius 1 is 1.47 bits per heavy atom. The minimum atomic E-state index is 0.151. The van der Waals surface area contributed by atoms with Crippen LogP contribution in [0.4, 0.5) is 0 Å². The number of thiophene rings is 1. The van der Waals surface area contributed by atoms with Gasteiger partial charge in [-0.05, 0) is 24.6 Å². The number of ether oxygens (including phenoxy) is 1. The first-order valence-electron chi connectivity index (χ1n) is 5.55. The summed E-state index contributed by atoms with van der Waals surface area (Å²) >= 11 is 7.79. The molecule has 3 heterocycles. The van der Waals surface area contributed by atoms with E-state index in [1.807, 2.05) is 18.3 Å². The van der Waals surface area contributed by atoms with Crippen molar-refractivity contribution in [3.63, 3.8) is 0 Å². The van der Waals surface area contributed by atoms with E-state index in [1.54, 1.807) is 17.5 Å². The molecular weight excluding hydrogens is 254 g/mol. The normalized spacial score (nSPS) is 23.4. The largest absolute Gasteiger partial charge is 0.365 e. The zero-order chi connectivity index (χ0) is 11.8. The zero-order valence-corrected chi connectivity index (χ0v) is 11.0. The molecule has 2 aromatic rings. The molecule has 2 atom stereocenters. The Labute approximate surface area is 109 Å². The van der Waals surface area contributed by atoms with E-state index >= 15 is 0 Å². The van der Waals surface area contributed by atoms with Crippen LogP contribution in [-0.2, 0) is 4.74 Å². The van der Waals surface area contributed by atoms with Crippen LogP contribution in [0, 0.1) is 6.92 Å². The monoisotopic (exact) mass is 265 g/mol. The maximum absolute atomic E-state index is 6.17. The summed E-state index contributed by atoms with van der Waals surface area (Å²) in [7, 11) is 0. The molecule has 4 heteroatoms. The molecule has 88 valence electrons. The summed E-state index contributed by atoms with van der Waals surface area (Å²) in [6.45, 7) is 2.07. The highest BCUT2D eigenvalue weighted by molar-refractivity contribution is 7.16. The molecule has 0 radical (unpaired) electrons. The Morgan fingerprint density at radius 3 is 2.88 bits per heavy atom. The van der Waals surface area contributed by atoms with E-state index in [0.717, 1.165) is 21.9 Å². The minimum Gasteiger partial charge on any atom is -0.365 e. The van der Waals surface area contributed by atoms with Gasteiger partial charge in [-0.3, -0.25) is 4.98 Å². The number of pyridine rings is 1. The van der Waals surface area contributed by atoms with Crippen molar-refractivity contribution in [2.45, 2.75) is 25.6 Å². The van der Waals surface area contributed by atoms with Gasteiger partial charge in [0.2, 0.25) is 0 Å². The molecule has 0 saturated carbocycles. The number of rotatable bonds is 2. The van der Waals surface area contributed by atoms with Gasteiger partial charge in [-0.15, -0.1) is 11.3 Å². The van der Waals surface area contributed by atoms with Gasteiger partial charge in [-0.1, -0.05) is 17.7 Å². The molecule has 2 nitrogen and oxygen atoms in total. The lowest BCUT2D eigenvalue weighted by molar-refractivity contribution is -0.130. The summed E-state index contributed by atoms with van der Waals surface area (Å²) in [5.74, 6) is 0. The Balaban J connectivity index is 1.71. The molecule has 0 bridgehead atoms. The van der Waals surface area contributed by atoms with Gasteiger partial charge < -0.3 is 4.74 Å². The Kier molecular flexibility index (Phi) is 2.90. The van der Waals surface area contributed by atoms with Gasteiger partial charge in [-0.25, -0.2) is 0 Å². The predicted octanol–water partition coefficient (Wildman–Crippen LogP) is 4.31. The molecule has 2 unspecified atom stereocenters. The highest BCUT2D eigenvalue weighted by Gasteiger charge is 2.34. The van der Waals surface area contributed by atoms with Crippen LogP contribution in [0.25, 0.3) is 0 Å². The van der Waals surface area contributed by atoms with E-state index in [-0.39, 0.29) is 12.2 Å². The highest BCUT2D eigenvalue weighted by atomic mass is 35.5. The average Bonchev–Trinajstić information content (AvgIpc) is 2.58. The fraction of sp³-hybridized carbons (Fsp3) is 0.308. The van der Waals surface area contributed by atoms with E-state index in [2.05, 4.69) is 18.0 Å². The van der Waals surface area contributed by atoms with Crippen LogP contribution in [0.3, 0.4) is 0 Å². The van der Waals surface area contributed by atoms with E-state index in [1.165, 1.54) is 4.88 Å². The average molecular weight is 266 g/mol.